The van der Waals surface area contributed by atoms with E-state index in [1.165, 1.54) is 6.07 Å². The molecule has 0 atom stereocenters. The summed E-state index contributed by atoms with van der Waals surface area (Å²) in [6.07, 6.45) is 0. The van der Waals surface area contributed by atoms with Crippen LogP contribution in [0.3, 0.4) is 0 Å². The molecule has 3 N–H and O–H groups in total. The van der Waals surface area contributed by atoms with Gasteiger partial charge in [-0.2, -0.15) is 0 Å². The maximum Gasteiger partial charge on any atom is 0.336 e. The molecule has 0 heterocycles. The largest absolute Gasteiger partial charge is 0.478 e. The summed E-state index contributed by atoms with van der Waals surface area (Å²) in [5, 5.41) is 14.7. The van der Waals surface area contributed by atoms with Gasteiger partial charge in [-0.05, 0) is 73.9 Å². The average molecular weight is 342 g/mol. The summed E-state index contributed by atoms with van der Waals surface area (Å²) in [4.78, 5) is 23.4. The second-order valence-electron chi connectivity index (χ2n) is 5.49. The topological polar surface area (TPSA) is 78.4 Å². The zero-order chi connectivity index (χ0) is 17.9. The first-order chi connectivity index (χ1) is 11.3. The Morgan fingerprint density at radius 2 is 1.75 bits per heavy atom. The van der Waals surface area contributed by atoms with E-state index < -0.39 is 5.97 Å². The molecule has 0 radical (unpaired) electrons. The van der Waals surface area contributed by atoms with Gasteiger partial charge < -0.3 is 10.4 Å². The first kappa shape index (κ1) is 17.6. The molecule has 0 spiro atoms. The van der Waals surface area contributed by atoms with Crippen molar-refractivity contribution < 1.29 is 14.7 Å². The number of nitrogens with one attached hydrogen (secondary N) is 2. The summed E-state index contributed by atoms with van der Waals surface area (Å²) in [6, 6.07) is 10.2. The summed E-state index contributed by atoms with van der Waals surface area (Å²) < 4.78 is 0. The molecule has 6 heteroatoms. The molecule has 0 saturated heterocycles. The number of hydrogen-bond acceptors (Lipinski definition) is 3. The van der Waals surface area contributed by atoms with Crippen LogP contribution in [0, 0.1) is 20.8 Å². The van der Waals surface area contributed by atoms with Crippen LogP contribution in [0.2, 0.25) is 0 Å². The molecule has 24 heavy (non-hydrogen) atoms. The molecule has 2 aromatic carbocycles. The highest BCUT2D eigenvalue weighted by molar-refractivity contribution is 7.80. The predicted octanol–water partition coefficient (Wildman–Crippen LogP) is 3.44. The summed E-state index contributed by atoms with van der Waals surface area (Å²) in [5.74, 6) is -1.33. The Morgan fingerprint density at radius 3 is 2.38 bits per heavy atom. The lowest BCUT2D eigenvalue weighted by Crippen LogP contribution is -2.34. The van der Waals surface area contributed by atoms with E-state index >= 15 is 0 Å². The van der Waals surface area contributed by atoms with Gasteiger partial charge in [0.1, 0.15) is 0 Å². The number of carbonyl (C=O) groups is 2. The van der Waals surface area contributed by atoms with E-state index in [1.54, 1.807) is 31.2 Å². The lowest BCUT2D eigenvalue weighted by Gasteiger charge is -2.13. The Bertz CT molecular complexity index is 831. The monoisotopic (exact) mass is 342 g/mol. The van der Waals surface area contributed by atoms with Crippen molar-refractivity contribution >= 4 is 34.9 Å². The van der Waals surface area contributed by atoms with Gasteiger partial charge in [-0.15, -0.1) is 0 Å². The smallest absolute Gasteiger partial charge is 0.336 e. The minimum Gasteiger partial charge on any atom is -0.478 e. The molecule has 0 aliphatic rings. The van der Waals surface area contributed by atoms with Gasteiger partial charge in [0.15, 0.2) is 5.11 Å². The van der Waals surface area contributed by atoms with Gasteiger partial charge in [-0.25, -0.2) is 4.79 Å². The van der Waals surface area contributed by atoms with Crippen LogP contribution in [0.15, 0.2) is 36.4 Å². The summed E-state index contributed by atoms with van der Waals surface area (Å²) in [5.41, 5.74) is 3.91. The fraction of sp³-hybridized carbons (Fsp3) is 0.167. The quantitative estimate of drug-likeness (QED) is 0.745. The van der Waals surface area contributed by atoms with E-state index in [0.717, 1.165) is 11.1 Å². The maximum atomic E-state index is 12.2. The van der Waals surface area contributed by atoms with Gasteiger partial charge in [0.25, 0.3) is 5.91 Å². The number of thiocarbonyl (C=S) groups is 1. The Balaban J connectivity index is 2.11. The molecule has 0 bridgehead atoms. The van der Waals surface area contributed by atoms with Crippen LogP contribution in [0.25, 0.3) is 0 Å². The molecule has 0 aliphatic heterocycles. The predicted molar refractivity (Wildman–Crippen MR) is 97.7 cm³/mol. The van der Waals surface area contributed by atoms with Gasteiger partial charge in [0.05, 0.1) is 5.56 Å². The molecular formula is C18H18N2O3S. The third-order valence-corrected chi connectivity index (χ3v) is 4.01. The molecule has 2 rings (SSSR count). The molecule has 0 aromatic heterocycles. The van der Waals surface area contributed by atoms with E-state index in [0.29, 0.717) is 16.8 Å². The standard InChI is InChI=1S/C18H18N2O3S/c1-10-7-8-13(9-11(10)2)16(21)20-18(24)19-15-6-4-5-14(12(15)3)17(22)23/h4-9H,1-3H3,(H,22,23)(H2,19,20,21,24). The van der Waals surface area contributed by atoms with Crippen molar-refractivity contribution in [3.63, 3.8) is 0 Å². The van der Waals surface area contributed by atoms with E-state index in [2.05, 4.69) is 10.6 Å². The molecule has 0 saturated carbocycles. The Labute approximate surface area is 145 Å². The number of carboxylic acids is 1. The van der Waals surface area contributed by atoms with Crippen molar-refractivity contribution in [2.75, 3.05) is 5.32 Å². The minimum absolute atomic E-state index is 0.115. The Hall–Kier alpha value is -2.73. The third-order valence-electron chi connectivity index (χ3n) is 3.81. The van der Waals surface area contributed by atoms with Crippen molar-refractivity contribution in [3.05, 3.63) is 64.2 Å². The minimum atomic E-state index is -1.01. The lowest BCUT2D eigenvalue weighted by molar-refractivity contribution is 0.0696. The SMILES string of the molecule is Cc1ccc(C(=O)NC(=S)Nc2cccc(C(=O)O)c2C)cc1C. The number of amides is 1. The summed E-state index contributed by atoms with van der Waals surface area (Å²) >= 11 is 5.15. The first-order valence-electron chi connectivity index (χ1n) is 7.32. The summed E-state index contributed by atoms with van der Waals surface area (Å²) in [7, 11) is 0. The number of aryl methyl sites for hydroxylation is 2. The van der Waals surface area contributed by atoms with Crippen molar-refractivity contribution in [1.29, 1.82) is 0 Å². The summed E-state index contributed by atoms with van der Waals surface area (Å²) in [6.45, 7) is 5.59. The molecule has 5 nitrogen and oxygen atoms in total. The van der Waals surface area contributed by atoms with Crippen molar-refractivity contribution in [1.82, 2.24) is 5.32 Å². The van der Waals surface area contributed by atoms with E-state index in [4.69, 9.17) is 17.3 Å². The fourth-order valence-electron chi connectivity index (χ4n) is 2.21. The number of carbonyl (C=O) groups excluding carboxylic acids is 1. The first-order valence-corrected chi connectivity index (χ1v) is 7.73. The van der Waals surface area contributed by atoms with Gasteiger partial charge in [-0.1, -0.05) is 12.1 Å². The molecule has 2 aromatic rings. The van der Waals surface area contributed by atoms with E-state index in [9.17, 15) is 9.59 Å². The number of benzene rings is 2. The second-order valence-corrected chi connectivity index (χ2v) is 5.90. The molecule has 0 aliphatic carbocycles. The number of carboxylic acid groups (broad SMARTS) is 1. The second kappa shape index (κ2) is 7.23. The molecular weight excluding hydrogens is 324 g/mol. The van der Waals surface area contributed by atoms with Crippen LogP contribution in [0.1, 0.15) is 37.4 Å². The van der Waals surface area contributed by atoms with Crippen LogP contribution in [0.5, 0.6) is 0 Å². The zero-order valence-electron chi connectivity index (χ0n) is 13.6. The van der Waals surface area contributed by atoms with Crippen LogP contribution < -0.4 is 10.6 Å². The number of rotatable bonds is 3. The zero-order valence-corrected chi connectivity index (χ0v) is 14.5. The van der Waals surface area contributed by atoms with Crippen molar-refractivity contribution in [3.8, 4) is 0 Å². The average Bonchev–Trinajstić information content (AvgIpc) is 2.51. The van der Waals surface area contributed by atoms with Gasteiger partial charge in [0, 0.05) is 11.3 Å². The molecule has 0 unspecified atom stereocenters. The highest BCUT2D eigenvalue weighted by atomic mass is 32.1. The Morgan fingerprint density at radius 1 is 1.04 bits per heavy atom. The van der Waals surface area contributed by atoms with Crippen molar-refractivity contribution in [2.24, 2.45) is 0 Å². The van der Waals surface area contributed by atoms with Crippen molar-refractivity contribution in [2.45, 2.75) is 20.8 Å². The number of anilines is 1. The highest BCUT2D eigenvalue weighted by Gasteiger charge is 2.13. The lowest BCUT2D eigenvalue weighted by atomic mass is 10.1. The fourth-order valence-corrected chi connectivity index (χ4v) is 2.42. The number of aromatic carboxylic acids is 1. The van der Waals surface area contributed by atoms with Gasteiger partial charge >= 0.3 is 5.97 Å². The Kier molecular flexibility index (Phi) is 5.31. The van der Waals surface area contributed by atoms with Crippen LogP contribution in [-0.2, 0) is 0 Å². The molecule has 0 fully saturated rings. The van der Waals surface area contributed by atoms with Gasteiger partial charge in [0.2, 0.25) is 0 Å². The maximum absolute atomic E-state index is 12.2. The normalized spacial score (nSPS) is 10.1. The van der Waals surface area contributed by atoms with E-state index in [1.807, 2.05) is 19.9 Å². The van der Waals surface area contributed by atoms with E-state index in [-0.39, 0.29) is 16.6 Å². The van der Waals surface area contributed by atoms with Crippen LogP contribution >= 0.6 is 12.2 Å². The number of hydrogen-bond donors (Lipinski definition) is 3. The molecule has 124 valence electrons. The highest BCUT2D eigenvalue weighted by Crippen LogP contribution is 2.19. The third kappa shape index (κ3) is 3.97. The van der Waals surface area contributed by atoms with Crippen LogP contribution in [-0.4, -0.2) is 22.1 Å². The van der Waals surface area contributed by atoms with Gasteiger partial charge in [-0.3, -0.25) is 10.1 Å². The van der Waals surface area contributed by atoms with Crippen LogP contribution in [0.4, 0.5) is 5.69 Å². The molecule has 1 amide bonds.